The van der Waals surface area contributed by atoms with Crippen molar-refractivity contribution in [3.8, 4) is 11.4 Å². The number of H-pyrrole nitrogens is 1. The van der Waals surface area contributed by atoms with Crippen LogP contribution < -0.4 is 10.2 Å². The summed E-state index contributed by atoms with van der Waals surface area (Å²) < 4.78 is 27.0. The highest BCUT2D eigenvalue weighted by atomic mass is 19.1. The van der Waals surface area contributed by atoms with Crippen LogP contribution >= 0.6 is 0 Å². The highest BCUT2D eigenvalue weighted by molar-refractivity contribution is 5.57. The highest BCUT2D eigenvalue weighted by Crippen LogP contribution is 2.23. The molecule has 21 heavy (non-hydrogen) atoms. The van der Waals surface area contributed by atoms with Crippen molar-refractivity contribution in [2.75, 3.05) is 25.0 Å². The van der Waals surface area contributed by atoms with Crippen LogP contribution in [0.15, 0.2) is 18.2 Å². The molecular weight excluding hydrogens is 276 g/mol. The molecule has 0 radical (unpaired) electrons. The van der Waals surface area contributed by atoms with Crippen LogP contribution in [0, 0.1) is 11.6 Å². The van der Waals surface area contributed by atoms with E-state index in [1.165, 1.54) is 0 Å². The summed E-state index contributed by atoms with van der Waals surface area (Å²) >= 11 is 0. The van der Waals surface area contributed by atoms with Gasteiger partial charge in [0.25, 0.3) is 0 Å². The molecule has 0 spiro atoms. The second-order valence-corrected chi connectivity index (χ2v) is 5.16. The molecule has 2 heterocycles. The molecular formula is C14H17F2N5. The monoisotopic (exact) mass is 293 g/mol. The molecule has 5 nitrogen and oxygen atoms in total. The van der Waals surface area contributed by atoms with E-state index in [0.717, 1.165) is 44.1 Å². The second-order valence-electron chi connectivity index (χ2n) is 5.16. The fourth-order valence-corrected chi connectivity index (χ4v) is 2.56. The molecule has 3 rings (SSSR count). The predicted octanol–water partition coefficient (Wildman–Crippen LogP) is 1.94. The molecule has 0 amide bonds. The van der Waals surface area contributed by atoms with E-state index in [2.05, 4.69) is 20.5 Å². The average molecular weight is 293 g/mol. The maximum absolute atomic E-state index is 13.7. The molecule has 0 unspecified atom stereocenters. The van der Waals surface area contributed by atoms with Gasteiger partial charge in [-0.25, -0.2) is 8.78 Å². The van der Waals surface area contributed by atoms with Gasteiger partial charge in [-0.3, -0.25) is 5.10 Å². The summed E-state index contributed by atoms with van der Waals surface area (Å²) in [5.41, 5.74) is 0.0962. The highest BCUT2D eigenvalue weighted by Gasteiger charge is 2.21. The zero-order chi connectivity index (χ0) is 14.8. The van der Waals surface area contributed by atoms with Crippen molar-refractivity contribution >= 4 is 5.95 Å². The maximum atomic E-state index is 13.7. The zero-order valence-electron chi connectivity index (χ0n) is 11.7. The van der Waals surface area contributed by atoms with Gasteiger partial charge in [-0.1, -0.05) is 0 Å². The maximum Gasteiger partial charge on any atom is 0.245 e. The lowest BCUT2D eigenvalue weighted by Gasteiger charge is -2.30. The van der Waals surface area contributed by atoms with Crippen LogP contribution in [0.3, 0.4) is 0 Å². The number of piperidine rings is 1. The number of anilines is 1. The van der Waals surface area contributed by atoms with E-state index in [1.807, 2.05) is 11.9 Å². The minimum absolute atomic E-state index is 0.0962. The molecule has 1 saturated heterocycles. The Hall–Kier alpha value is -2.02. The Morgan fingerprint density at radius 1 is 1.29 bits per heavy atom. The summed E-state index contributed by atoms with van der Waals surface area (Å²) in [6.07, 6.45) is 2.02. The van der Waals surface area contributed by atoms with Crippen LogP contribution in [0.4, 0.5) is 14.7 Å². The Morgan fingerprint density at radius 3 is 2.76 bits per heavy atom. The van der Waals surface area contributed by atoms with E-state index in [1.54, 1.807) is 0 Å². The third-order valence-electron chi connectivity index (χ3n) is 3.84. The number of hydrogen-bond donors (Lipinski definition) is 2. The molecule has 0 bridgehead atoms. The first-order valence-corrected chi connectivity index (χ1v) is 6.97. The lowest BCUT2D eigenvalue weighted by atomic mass is 10.1. The van der Waals surface area contributed by atoms with Gasteiger partial charge < -0.3 is 10.2 Å². The Kier molecular flexibility index (Phi) is 3.83. The van der Waals surface area contributed by atoms with E-state index in [4.69, 9.17) is 0 Å². The average Bonchev–Trinajstić information content (AvgIpc) is 2.99. The summed E-state index contributed by atoms with van der Waals surface area (Å²) in [6.45, 7) is 1.68. The Labute approximate surface area is 121 Å². The molecule has 0 atom stereocenters. The smallest absolute Gasteiger partial charge is 0.245 e. The topological polar surface area (TPSA) is 56.8 Å². The van der Waals surface area contributed by atoms with Gasteiger partial charge in [0.1, 0.15) is 11.6 Å². The van der Waals surface area contributed by atoms with Crippen LogP contribution in [-0.4, -0.2) is 41.4 Å². The first-order valence-electron chi connectivity index (χ1n) is 6.97. The number of aromatic nitrogens is 3. The lowest BCUT2D eigenvalue weighted by molar-refractivity contribution is 0.439. The fourth-order valence-electron chi connectivity index (χ4n) is 2.56. The summed E-state index contributed by atoms with van der Waals surface area (Å²) in [7, 11) is 1.96. The number of rotatable bonds is 3. The minimum Gasteiger partial charge on any atom is -0.339 e. The molecule has 112 valence electrons. The Bertz CT molecular complexity index is 620. The van der Waals surface area contributed by atoms with Crippen LogP contribution in [-0.2, 0) is 0 Å². The van der Waals surface area contributed by atoms with Crippen molar-refractivity contribution in [3.63, 3.8) is 0 Å². The van der Waals surface area contributed by atoms with Gasteiger partial charge in [-0.2, -0.15) is 4.98 Å². The Morgan fingerprint density at radius 2 is 2.05 bits per heavy atom. The molecule has 7 heteroatoms. The van der Waals surface area contributed by atoms with E-state index < -0.39 is 11.6 Å². The Balaban J connectivity index is 1.79. The summed E-state index contributed by atoms with van der Waals surface area (Å²) in [5, 5.41) is 10.1. The van der Waals surface area contributed by atoms with Gasteiger partial charge >= 0.3 is 0 Å². The summed E-state index contributed by atoms with van der Waals surface area (Å²) in [4.78, 5) is 6.34. The summed E-state index contributed by atoms with van der Waals surface area (Å²) in [6, 6.07) is 3.80. The van der Waals surface area contributed by atoms with E-state index in [9.17, 15) is 8.78 Å². The number of halogens is 2. The number of hydrogen-bond acceptors (Lipinski definition) is 4. The second kappa shape index (κ2) is 5.77. The fraction of sp³-hybridized carbons (Fsp3) is 0.429. The lowest BCUT2D eigenvalue weighted by Crippen LogP contribution is -2.41. The van der Waals surface area contributed by atoms with Crippen LogP contribution in [0.5, 0.6) is 0 Å². The van der Waals surface area contributed by atoms with Gasteiger partial charge in [0.15, 0.2) is 5.82 Å². The van der Waals surface area contributed by atoms with Gasteiger partial charge in [0, 0.05) is 19.1 Å². The van der Waals surface area contributed by atoms with Crippen molar-refractivity contribution in [1.29, 1.82) is 0 Å². The molecule has 1 aliphatic rings. The standard InChI is InChI=1S/C14H17F2N5/c1-17-10-4-6-21(7-5-10)14-18-13(19-20-14)11-8-9(15)2-3-12(11)16/h2-3,8,10,17H,4-7H2,1H3,(H,18,19,20). The molecule has 2 N–H and O–H groups in total. The molecule has 0 aliphatic carbocycles. The van der Waals surface area contributed by atoms with Gasteiger partial charge in [0.2, 0.25) is 5.95 Å². The van der Waals surface area contributed by atoms with Gasteiger partial charge in [-0.15, -0.1) is 5.10 Å². The van der Waals surface area contributed by atoms with Crippen molar-refractivity contribution in [1.82, 2.24) is 20.5 Å². The minimum atomic E-state index is -0.520. The predicted molar refractivity (Wildman–Crippen MR) is 76.0 cm³/mol. The quantitative estimate of drug-likeness (QED) is 0.908. The molecule has 2 aromatic rings. The molecule has 1 aromatic heterocycles. The SMILES string of the molecule is CNC1CCN(c2n[nH]c(-c3cc(F)ccc3F)n2)CC1. The molecule has 1 fully saturated rings. The number of nitrogens with zero attached hydrogens (tertiary/aromatic N) is 3. The van der Waals surface area contributed by atoms with Gasteiger partial charge in [-0.05, 0) is 38.1 Å². The van der Waals surface area contributed by atoms with Gasteiger partial charge in [0.05, 0.1) is 5.56 Å². The van der Waals surface area contributed by atoms with Crippen molar-refractivity contribution in [2.24, 2.45) is 0 Å². The third-order valence-corrected chi connectivity index (χ3v) is 3.84. The van der Waals surface area contributed by atoms with E-state index >= 15 is 0 Å². The third kappa shape index (κ3) is 2.87. The van der Waals surface area contributed by atoms with Crippen molar-refractivity contribution in [3.05, 3.63) is 29.8 Å². The summed E-state index contributed by atoms with van der Waals surface area (Å²) in [5.74, 6) is -0.242. The first-order chi connectivity index (χ1) is 10.2. The molecule has 1 aliphatic heterocycles. The number of benzene rings is 1. The van der Waals surface area contributed by atoms with Crippen molar-refractivity contribution in [2.45, 2.75) is 18.9 Å². The van der Waals surface area contributed by atoms with Crippen LogP contribution in [0.2, 0.25) is 0 Å². The van der Waals surface area contributed by atoms with E-state index in [0.29, 0.717) is 12.0 Å². The number of aromatic amines is 1. The normalized spacial score (nSPS) is 16.4. The molecule has 1 aromatic carbocycles. The van der Waals surface area contributed by atoms with Crippen LogP contribution in [0.1, 0.15) is 12.8 Å². The van der Waals surface area contributed by atoms with Crippen molar-refractivity contribution < 1.29 is 8.78 Å². The molecule has 0 saturated carbocycles. The zero-order valence-corrected chi connectivity index (χ0v) is 11.7. The largest absolute Gasteiger partial charge is 0.339 e. The van der Waals surface area contributed by atoms with E-state index in [-0.39, 0.29) is 11.4 Å². The first kappa shape index (κ1) is 13.9. The number of nitrogens with one attached hydrogen (secondary N) is 2. The van der Waals surface area contributed by atoms with Crippen LogP contribution in [0.25, 0.3) is 11.4 Å².